The van der Waals surface area contributed by atoms with E-state index in [1.165, 1.54) is 18.2 Å². The highest BCUT2D eigenvalue weighted by molar-refractivity contribution is 9.10. The summed E-state index contributed by atoms with van der Waals surface area (Å²) in [5.41, 5.74) is 5.96. The Morgan fingerprint density at radius 1 is 1.00 bits per heavy atom. The fourth-order valence-electron chi connectivity index (χ4n) is 1.49. The van der Waals surface area contributed by atoms with Crippen molar-refractivity contribution < 1.29 is 17.9 Å². The lowest BCUT2D eigenvalue weighted by atomic mass is 10.2. The van der Waals surface area contributed by atoms with Crippen molar-refractivity contribution in [2.24, 2.45) is 5.73 Å². The lowest BCUT2D eigenvalue weighted by Gasteiger charge is -2.10. The van der Waals surface area contributed by atoms with Crippen LogP contribution in [0.3, 0.4) is 0 Å². The summed E-state index contributed by atoms with van der Waals surface area (Å²) in [6.07, 6.45) is 0. The van der Waals surface area contributed by atoms with Crippen LogP contribution in [0.4, 0.5) is 13.2 Å². The molecule has 2 aromatic carbocycles. The molecule has 0 atom stereocenters. The van der Waals surface area contributed by atoms with E-state index in [1.54, 1.807) is 6.07 Å². The lowest BCUT2D eigenvalue weighted by molar-refractivity contribution is 0.396. The van der Waals surface area contributed by atoms with Gasteiger partial charge in [-0.05, 0) is 39.7 Å². The van der Waals surface area contributed by atoms with Crippen molar-refractivity contribution in [3.05, 3.63) is 57.8 Å². The molecule has 100 valence electrons. The van der Waals surface area contributed by atoms with E-state index in [9.17, 15) is 13.2 Å². The Kier molecular flexibility index (Phi) is 4.11. The van der Waals surface area contributed by atoms with E-state index in [0.29, 0.717) is 5.56 Å². The van der Waals surface area contributed by atoms with Crippen molar-refractivity contribution in [3.8, 4) is 11.5 Å². The van der Waals surface area contributed by atoms with Crippen molar-refractivity contribution in [1.29, 1.82) is 0 Å². The predicted molar refractivity (Wildman–Crippen MR) is 68.4 cm³/mol. The van der Waals surface area contributed by atoms with Gasteiger partial charge in [-0.25, -0.2) is 8.78 Å². The minimum Gasteiger partial charge on any atom is -0.451 e. The average Bonchev–Trinajstić information content (AvgIpc) is 2.40. The second kappa shape index (κ2) is 5.63. The first-order valence-electron chi connectivity index (χ1n) is 5.33. The van der Waals surface area contributed by atoms with Gasteiger partial charge in [0.2, 0.25) is 5.82 Å². The van der Waals surface area contributed by atoms with E-state index in [2.05, 4.69) is 15.9 Å². The van der Waals surface area contributed by atoms with Gasteiger partial charge in [0.05, 0.1) is 4.47 Å². The van der Waals surface area contributed by atoms with Crippen LogP contribution >= 0.6 is 15.9 Å². The summed E-state index contributed by atoms with van der Waals surface area (Å²) in [6.45, 7) is 0.145. The second-order valence-electron chi connectivity index (χ2n) is 3.71. The molecule has 0 aliphatic heterocycles. The third-order valence-corrected chi connectivity index (χ3v) is 3.34. The minimum atomic E-state index is -1.17. The second-order valence-corrected chi connectivity index (χ2v) is 4.50. The van der Waals surface area contributed by atoms with Crippen LogP contribution in [0.2, 0.25) is 0 Å². The number of nitrogens with two attached hydrogens (primary N) is 1. The van der Waals surface area contributed by atoms with Crippen molar-refractivity contribution >= 4 is 15.9 Å². The van der Waals surface area contributed by atoms with Crippen molar-refractivity contribution in [2.75, 3.05) is 0 Å². The van der Waals surface area contributed by atoms with Gasteiger partial charge in [0.1, 0.15) is 0 Å². The molecular formula is C13H9BrF3NO. The number of hydrogen-bond donors (Lipinski definition) is 1. The molecule has 0 unspecified atom stereocenters. The van der Waals surface area contributed by atoms with Gasteiger partial charge in [0, 0.05) is 6.54 Å². The van der Waals surface area contributed by atoms with E-state index in [4.69, 9.17) is 10.5 Å². The van der Waals surface area contributed by atoms with Crippen LogP contribution in [0.25, 0.3) is 0 Å². The van der Waals surface area contributed by atoms with Crippen LogP contribution in [0.5, 0.6) is 11.5 Å². The predicted octanol–water partition coefficient (Wildman–Crippen LogP) is 4.12. The molecule has 2 nitrogen and oxygen atoms in total. The maximum atomic E-state index is 13.9. The van der Waals surface area contributed by atoms with Gasteiger partial charge in [0.15, 0.2) is 23.1 Å². The Morgan fingerprint density at radius 2 is 1.68 bits per heavy atom. The molecule has 0 saturated heterocycles. The Labute approximate surface area is 116 Å². The third kappa shape index (κ3) is 2.74. The molecule has 0 radical (unpaired) electrons. The summed E-state index contributed by atoms with van der Waals surface area (Å²) < 4.78 is 45.5. The number of rotatable bonds is 3. The quantitative estimate of drug-likeness (QED) is 0.918. The number of ether oxygens (including phenoxy) is 1. The number of halogens is 4. The molecule has 0 aliphatic rings. The van der Waals surface area contributed by atoms with Gasteiger partial charge < -0.3 is 10.5 Å². The normalized spacial score (nSPS) is 10.6. The maximum Gasteiger partial charge on any atom is 0.201 e. The van der Waals surface area contributed by atoms with E-state index < -0.39 is 17.5 Å². The van der Waals surface area contributed by atoms with Crippen LogP contribution in [0.1, 0.15) is 5.56 Å². The van der Waals surface area contributed by atoms with Gasteiger partial charge >= 0.3 is 0 Å². The van der Waals surface area contributed by atoms with Gasteiger partial charge in [-0.3, -0.25) is 0 Å². The van der Waals surface area contributed by atoms with E-state index in [-0.39, 0.29) is 22.5 Å². The fourth-order valence-corrected chi connectivity index (χ4v) is 1.98. The Morgan fingerprint density at radius 3 is 2.37 bits per heavy atom. The summed E-state index contributed by atoms with van der Waals surface area (Å²) in [4.78, 5) is 0. The van der Waals surface area contributed by atoms with Crippen LogP contribution in [-0.4, -0.2) is 0 Å². The van der Waals surface area contributed by atoms with Crippen LogP contribution in [0, 0.1) is 17.5 Å². The first kappa shape index (κ1) is 13.9. The monoisotopic (exact) mass is 331 g/mol. The molecule has 0 amide bonds. The third-order valence-electron chi connectivity index (χ3n) is 2.48. The molecule has 0 saturated carbocycles. The zero-order chi connectivity index (χ0) is 14.0. The maximum absolute atomic E-state index is 13.9. The number of hydrogen-bond acceptors (Lipinski definition) is 2. The molecule has 0 spiro atoms. The van der Waals surface area contributed by atoms with E-state index in [0.717, 1.165) is 6.07 Å². The first-order chi connectivity index (χ1) is 9.04. The van der Waals surface area contributed by atoms with Crippen molar-refractivity contribution in [2.45, 2.75) is 6.54 Å². The summed E-state index contributed by atoms with van der Waals surface area (Å²) in [5, 5.41) is 0. The molecule has 0 heterocycles. The molecule has 2 aromatic rings. The zero-order valence-electron chi connectivity index (χ0n) is 9.59. The molecule has 6 heteroatoms. The van der Waals surface area contributed by atoms with Gasteiger partial charge in [-0.15, -0.1) is 0 Å². The molecule has 2 N–H and O–H groups in total. The van der Waals surface area contributed by atoms with Crippen molar-refractivity contribution in [3.63, 3.8) is 0 Å². The number of benzene rings is 2. The average molecular weight is 332 g/mol. The van der Waals surface area contributed by atoms with Crippen LogP contribution < -0.4 is 10.5 Å². The van der Waals surface area contributed by atoms with Gasteiger partial charge in [0.25, 0.3) is 0 Å². The Hall–Kier alpha value is -1.53. The highest BCUT2D eigenvalue weighted by Crippen LogP contribution is 2.33. The van der Waals surface area contributed by atoms with Crippen molar-refractivity contribution in [1.82, 2.24) is 0 Å². The molecule has 0 bridgehead atoms. The molecule has 0 aliphatic carbocycles. The summed E-state index contributed by atoms with van der Waals surface area (Å²) in [6, 6.07) is 6.29. The van der Waals surface area contributed by atoms with E-state index >= 15 is 0 Å². The van der Waals surface area contributed by atoms with E-state index in [1.807, 2.05) is 0 Å². The van der Waals surface area contributed by atoms with Gasteiger partial charge in [-0.2, -0.15) is 4.39 Å². The highest BCUT2D eigenvalue weighted by atomic mass is 79.9. The SMILES string of the molecule is NCc1ccc(Oc2cccc(F)c2F)c(F)c1Br. The van der Waals surface area contributed by atoms with Crippen LogP contribution in [0.15, 0.2) is 34.8 Å². The standard InChI is InChI=1S/C13H9BrF3NO/c14-11-7(6-18)4-5-10(13(11)17)19-9-3-1-2-8(15)12(9)16/h1-5H,6,18H2. The first-order valence-corrected chi connectivity index (χ1v) is 6.12. The topological polar surface area (TPSA) is 35.2 Å². The highest BCUT2D eigenvalue weighted by Gasteiger charge is 2.15. The molecule has 0 aromatic heterocycles. The Balaban J connectivity index is 2.39. The Bertz CT molecular complexity index is 619. The minimum absolute atomic E-state index is 0.143. The summed E-state index contributed by atoms with van der Waals surface area (Å²) in [7, 11) is 0. The van der Waals surface area contributed by atoms with Crippen LogP contribution in [-0.2, 0) is 6.54 Å². The lowest BCUT2D eigenvalue weighted by Crippen LogP contribution is -2.00. The smallest absolute Gasteiger partial charge is 0.201 e. The zero-order valence-corrected chi connectivity index (χ0v) is 11.2. The molecule has 0 fully saturated rings. The summed E-state index contributed by atoms with van der Waals surface area (Å²) in [5.74, 6) is -3.54. The summed E-state index contributed by atoms with van der Waals surface area (Å²) >= 11 is 3.03. The molecular weight excluding hydrogens is 323 g/mol. The largest absolute Gasteiger partial charge is 0.451 e. The molecule has 19 heavy (non-hydrogen) atoms. The van der Waals surface area contributed by atoms with Gasteiger partial charge in [-0.1, -0.05) is 12.1 Å². The fraction of sp³-hybridized carbons (Fsp3) is 0.0769. The molecule has 2 rings (SSSR count).